The molecule has 0 aliphatic rings. The molecule has 92 valence electrons. The summed E-state index contributed by atoms with van der Waals surface area (Å²) >= 11 is 15.0. The van der Waals surface area contributed by atoms with Gasteiger partial charge in [0.25, 0.3) is 5.91 Å². The number of carbonyl (C=O) groups excluding carboxylic acids is 1. The van der Waals surface area contributed by atoms with E-state index >= 15 is 0 Å². The minimum atomic E-state index is -0.933. The molecule has 0 radical (unpaired) electrons. The second kappa shape index (κ2) is 6.14. The van der Waals surface area contributed by atoms with Gasteiger partial charge >= 0.3 is 0 Å². The molecule has 1 amide bonds. The highest BCUT2D eigenvalue weighted by Crippen LogP contribution is 2.50. The Hall–Kier alpha value is -0.160. The van der Waals surface area contributed by atoms with Gasteiger partial charge in [-0.2, -0.15) is 0 Å². The molecule has 0 aromatic heterocycles. The van der Waals surface area contributed by atoms with Crippen LogP contribution in [0.5, 0.6) is 0 Å². The van der Waals surface area contributed by atoms with E-state index in [9.17, 15) is 4.79 Å². The Morgan fingerprint density at radius 3 is 2.12 bits per heavy atom. The Labute approximate surface area is 119 Å². The molecule has 0 bridgehead atoms. The molecule has 0 aliphatic heterocycles. The van der Waals surface area contributed by atoms with Crippen LogP contribution in [0, 0.1) is 0 Å². The molecule has 1 aromatic carbocycles. The third-order valence-electron chi connectivity index (χ3n) is 2.29. The lowest BCUT2D eigenvalue weighted by Crippen LogP contribution is -2.27. The monoisotopic (exact) mass is 307 g/mol. The molecule has 0 aliphatic carbocycles. The first-order valence-corrected chi connectivity index (χ1v) is 7.80. The number of hydrogen-bond donors (Lipinski definition) is 0. The molecule has 0 spiro atoms. The summed E-state index contributed by atoms with van der Waals surface area (Å²) in [5.41, 5.74) is 0.584. The van der Waals surface area contributed by atoms with Gasteiger partial charge in [0.05, 0.1) is 0 Å². The zero-order chi connectivity index (χ0) is 13.1. The molecule has 0 heterocycles. The van der Waals surface area contributed by atoms with E-state index in [0.717, 1.165) is 0 Å². The van der Waals surface area contributed by atoms with E-state index in [1.807, 2.05) is 12.5 Å². The average molecular weight is 308 g/mol. The first kappa shape index (κ1) is 14.9. The zero-order valence-electron chi connectivity index (χ0n) is 9.37. The van der Waals surface area contributed by atoms with E-state index in [1.165, 1.54) is 23.5 Å². The second-order valence-corrected chi connectivity index (χ2v) is 6.20. The summed E-state index contributed by atoms with van der Waals surface area (Å²) in [7, 11) is 0. The molecular weight excluding hydrogens is 297 g/mol. The molecule has 1 rings (SSSR count). The fourth-order valence-electron chi connectivity index (χ4n) is 1.49. The van der Waals surface area contributed by atoms with Crippen molar-refractivity contribution < 1.29 is 4.79 Å². The molecule has 0 saturated carbocycles. The predicted octanol–water partition coefficient (Wildman–Crippen LogP) is 4.10. The number of benzene rings is 1. The summed E-state index contributed by atoms with van der Waals surface area (Å²) in [6.07, 6.45) is 3.64. The van der Waals surface area contributed by atoms with Gasteiger partial charge in [0.2, 0.25) is 0 Å². The van der Waals surface area contributed by atoms with E-state index in [-0.39, 0.29) is 5.91 Å². The largest absolute Gasteiger partial charge is 0.276 e. The maximum Gasteiger partial charge on any atom is 0.276 e. The Kier molecular flexibility index (Phi) is 5.38. The van der Waals surface area contributed by atoms with Crippen molar-refractivity contribution in [1.82, 2.24) is 0 Å². The molecule has 1 aromatic rings. The Morgan fingerprint density at radius 1 is 1.29 bits per heavy atom. The zero-order valence-corrected chi connectivity index (χ0v) is 12.5. The summed E-state index contributed by atoms with van der Waals surface area (Å²) in [4.78, 5) is 15.5. The van der Waals surface area contributed by atoms with Crippen molar-refractivity contribution in [2.45, 2.75) is 4.08 Å². The summed E-state index contributed by atoms with van der Waals surface area (Å²) in [5, 5.41) is 0.913. The third kappa shape index (κ3) is 2.65. The molecule has 0 fully saturated rings. The summed E-state index contributed by atoms with van der Waals surface area (Å²) < 4.78 is -0.933. The molecular formula is C11H11Cl2NOS2. The van der Waals surface area contributed by atoms with Crippen LogP contribution >= 0.6 is 46.7 Å². The van der Waals surface area contributed by atoms with Crippen molar-refractivity contribution >= 4 is 59.4 Å². The SMILES string of the molecule is C=NC(=O)C(SC)(SC)c1c(Cl)cccc1Cl. The topological polar surface area (TPSA) is 29.4 Å². The summed E-state index contributed by atoms with van der Waals surface area (Å²) in [5.74, 6) is -0.354. The van der Waals surface area contributed by atoms with Gasteiger partial charge in [-0.15, -0.1) is 23.5 Å². The third-order valence-corrected chi connectivity index (χ3v) is 5.83. The van der Waals surface area contributed by atoms with Crippen LogP contribution in [0.15, 0.2) is 23.2 Å². The van der Waals surface area contributed by atoms with Crippen molar-refractivity contribution in [3.8, 4) is 0 Å². The fraction of sp³-hybridized carbons (Fsp3) is 0.273. The van der Waals surface area contributed by atoms with E-state index < -0.39 is 4.08 Å². The van der Waals surface area contributed by atoms with Crippen molar-refractivity contribution in [3.05, 3.63) is 33.8 Å². The summed E-state index contributed by atoms with van der Waals surface area (Å²) in [6, 6.07) is 5.16. The van der Waals surface area contributed by atoms with Gasteiger partial charge in [-0.3, -0.25) is 4.79 Å². The van der Waals surface area contributed by atoms with E-state index in [1.54, 1.807) is 18.2 Å². The molecule has 6 heteroatoms. The summed E-state index contributed by atoms with van der Waals surface area (Å²) in [6.45, 7) is 3.29. The van der Waals surface area contributed by atoms with Crippen molar-refractivity contribution in [1.29, 1.82) is 0 Å². The first-order valence-electron chi connectivity index (χ1n) is 4.59. The molecule has 0 saturated heterocycles. The number of halogens is 2. The highest BCUT2D eigenvalue weighted by molar-refractivity contribution is 8.18. The molecule has 17 heavy (non-hydrogen) atoms. The number of nitrogens with zero attached hydrogens (tertiary/aromatic N) is 1. The minimum absolute atomic E-state index is 0.354. The molecule has 0 unspecified atom stereocenters. The number of aliphatic imine (C=N–C) groups is 1. The van der Waals surface area contributed by atoms with E-state index in [2.05, 4.69) is 11.7 Å². The van der Waals surface area contributed by atoms with E-state index in [4.69, 9.17) is 23.2 Å². The maximum atomic E-state index is 12.0. The molecule has 0 N–H and O–H groups in total. The van der Waals surface area contributed by atoms with Crippen LogP contribution in [0.4, 0.5) is 0 Å². The smallest absolute Gasteiger partial charge is 0.270 e. The van der Waals surface area contributed by atoms with Crippen LogP contribution in [-0.2, 0) is 8.87 Å². The quantitative estimate of drug-likeness (QED) is 0.619. The second-order valence-electron chi connectivity index (χ2n) is 3.08. The van der Waals surface area contributed by atoms with Gasteiger partial charge in [-0.05, 0) is 31.4 Å². The van der Waals surface area contributed by atoms with Gasteiger partial charge in [0, 0.05) is 15.6 Å². The fourth-order valence-corrected chi connectivity index (χ4v) is 4.38. The normalized spacial score (nSPS) is 11.3. The minimum Gasteiger partial charge on any atom is -0.270 e. The number of rotatable bonds is 4. The van der Waals surface area contributed by atoms with E-state index in [0.29, 0.717) is 15.6 Å². The van der Waals surface area contributed by atoms with Crippen LogP contribution in [0.25, 0.3) is 0 Å². The van der Waals surface area contributed by atoms with Gasteiger partial charge in [0.15, 0.2) is 4.08 Å². The Morgan fingerprint density at radius 2 is 1.76 bits per heavy atom. The average Bonchev–Trinajstić information content (AvgIpc) is 2.33. The van der Waals surface area contributed by atoms with Gasteiger partial charge in [0.1, 0.15) is 0 Å². The number of hydrogen-bond acceptors (Lipinski definition) is 3. The van der Waals surface area contributed by atoms with Gasteiger partial charge < -0.3 is 0 Å². The lowest BCUT2D eigenvalue weighted by molar-refractivity contribution is -0.118. The highest BCUT2D eigenvalue weighted by Gasteiger charge is 2.41. The Bertz CT molecular complexity index is 427. The highest BCUT2D eigenvalue weighted by atomic mass is 35.5. The predicted molar refractivity (Wildman–Crippen MR) is 79.7 cm³/mol. The van der Waals surface area contributed by atoms with Crippen LogP contribution in [0.1, 0.15) is 5.56 Å². The van der Waals surface area contributed by atoms with Crippen LogP contribution in [-0.4, -0.2) is 25.1 Å². The number of thioether (sulfide) groups is 2. The number of carbonyl (C=O) groups is 1. The lowest BCUT2D eigenvalue weighted by Gasteiger charge is -2.28. The molecule has 0 atom stereocenters. The lowest BCUT2D eigenvalue weighted by atomic mass is 10.1. The van der Waals surface area contributed by atoms with Crippen LogP contribution in [0.2, 0.25) is 10.0 Å². The van der Waals surface area contributed by atoms with Crippen LogP contribution < -0.4 is 0 Å². The van der Waals surface area contributed by atoms with Crippen molar-refractivity contribution in [2.75, 3.05) is 12.5 Å². The van der Waals surface area contributed by atoms with Crippen molar-refractivity contribution in [3.63, 3.8) is 0 Å². The number of amides is 1. The van der Waals surface area contributed by atoms with Gasteiger partial charge in [-0.1, -0.05) is 29.3 Å². The van der Waals surface area contributed by atoms with Gasteiger partial charge in [-0.25, -0.2) is 4.99 Å². The molecule has 2 nitrogen and oxygen atoms in total. The van der Waals surface area contributed by atoms with Crippen LogP contribution in [0.3, 0.4) is 0 Å². The van der Waals surface area contributed by atoms with Crippen molar-refractivity contribution in [2.24, 2.45) is 4.99 Å². The standard InChI is InChI=1S/C11H11Cl2NOS2/c1-14-10(15)11(16-2,17-3)9-7(12)5-4-6-8(9)13/h4-6H,1H2,2-3H3. The Balaban J connectivity index is 3.52. The first-order chi connectivity index (χ1) is 8.03. The maximum absolute atomic E-state index is 12.0.